The number of thioether (sulfide) groups is 1. The Labute approximate surface area is 136 Å². The fourth-order valence-electron chi connectivity index (χ4n) is 1.58. The smallest absolute Gasteiger partial charge is 0.316 e. The molecule has 2 aromatic rings. The second kappa shape index (κ2) is 8.50. The highest BCUT2D eigenvalue weighted by Crippen LogP contribution is 2.25. The minimum absolute atomic E-state index is 0.107. The molecular formula is C14H15N3O3S2. The Kier molecular flexibility index (Phi) is 6.35. The second-order valence-corrected chi connectivity index (χ2v) is 6.47. The van der Waals surface area contributed by atoms with Gasteiger partial charge in [0.1, 0.15) is 0 Å². The SMILES string of the molecule is COC(=O)CSc1nnc(NC(=O)CCc2ccccc2)s1. The number of rotatable bonds is 7. The molecule has 2 rings (SSSR count). The number of methoxy groups -OCH3 is 1. The summed E-state index contributed by atoms with van der Waals surface area (Å²) in [5.74, 6) is -0.259. The molecule has 1 N–H and O–H groups in total. The maximum atomic E-state index is 11.9. The van der Waals surface area contributed by atoms with E-state index in [1.54, 1.807) is 0 Å². The number of carbonyl (C=O) groups is 2. The van der Waals surface area contributed by atoms with E-state index in [1.165, 1.54) is 30.2 Å². The molecule has 0 atom stereocenters. The van der Waals surface area contributed by atoms with Crippen LogP contribution in [-0.2, 0) is 20.7 Å². The molecule has 0 spiro atoms. The Morgan fingerprint density at radius 2 is 2.05 bits per heavy atom. The number of benzene rings is 1. The van der Waals surface area contributed by atoms with Crippen molar-refractivity contribution in [2.45, 2.75) is 17.2 Å². The number of nitrogens with zero attached hydrogens (tertiary/aromatic N) is 2. The van der Waals surface area contributed by atoms with Gasteiger partial charge in [0.2, 0.25) is 11.0 Å². The summed E-state index contributed by atoms with van der Waals surface area (Å²) in [6.45, 7) is 0. The quantitative estimate of drug-likeness (QED) is 0.474. The van der Waals surface area contributed by atoms with Crippen molar-refractivity contribution in [2.24, 2.45) is 0 Å². The molecule has 0 saturated heterocycles. The molecule has 8 heteroatoms. The number of ether oxygens (including phenoxy) is 1. The molecule has 0 bridgehead atoms. The Bertz CT molecular complexity index is 631. The van der Waals surface area contributed by atoms with Crippen LogP contribution >= 0.6 is 23.1 Å². The highest BCUT2D eigenvalue weighted by Gasteiger charge is 2.10. The molecule has 1 amide bonds. The predicted molar refractivity (Wildman–Crippen MR) is 86.0 cm³/mol. The van der Waals surface area contributed by atoms with Crippen LogP contribution in [0.4, 0.5) is 5.13 Å². The number of aromatic nitrogens is 2. The predicted octanol–water partition coefficient (Wildman–Crippen LogP) is 2.37. The summed E-state index contributed by atoms with van der Waals surface area (Å²) in [7, 11) is 1.33. The largest absolute Gasteiger partial charge is 0.468 e. The summed E-state index contributed by atoms with van der Waals surface area (Å²) >= 11 is 2.47. The zero-order valence-corrected chi connectivity index (χ0v) is 13.6. The normalized spacial score (nSPS) is 10.2. The summed E-state index contributed by atoms with van der Waals surface area (Å²) in [4.78, 5) is 22.9. The van der Waals surface area contributed by atoms with Gasteiger partial charge in [-0.2, -0.15) is 0 Å². The third-order valence-electron chi connectivity index (χ3n) is 2.68. The highest BCUT2D eigenvalue weighted by atomic mass is 32.2. The van der Waals surface area contributed by atoms with Gasteiger partial charge >= 0.3 is 5.97 Å². The van der Waals surface area contributed by atoms with Gasteiger partial charge < -0.3 is 10.1 Å². The molecule has 0 unspecified atom stereocenters. The van der Waals surface area contributed by atoms with Gasteiger partial charge in [-0.15, -0.1) is 10.2 Å². The van der Waals surface area contributed by atoms with Crippen molar-refractivity contribution >= 4 is 40.1 Å². The van der Waals surface area contributed by atoms with E-state index in [0.717, 1.165) is 5.56 Å². The van der Waals surface area contributed by atoms with Gasteiger partial charge in [-0.25, -0.2) is 0 Å². The first kappa shape index (κ1) is 16.4. The number of hydrogen-bond donors (Lipinski definition) is 1. The lowest BCUT2D eigenvalue weighted by Gasteiger charge is -2.01. The van der Waals surface area contributed by atoms with Gasteiger partial charge in [0.25, 0.3) is 0 Å². The molecule has 22 heavy (non-hydrogen) atoms. The minimum atomic E-state index is -0.325. The maximum absolute atomic E-state index is 11.9. The average molecular weight is 337 g/mol. The van der Waals surface area contributed by atoms with Crippen LogP contribution in [-0.4, -0.2) is 34.9 Å². The molecule has 116 valence electrons. The monoisotopic (exact) mass is 337 g/mol. The Morgan fingerprint density at radius 3 is 2.77 bits per heavy atom. The molecule has 0 aliphatic carbocycles. The topological polar surface area (TPSA) is 81.2 Å². The number of aryl methyl sites for hydroxylation is 1. The van der Waals surface area contributed by atoms with Crippen molar-refractivity contribution in [1.29, 1.82) is 0 Å². The van der Waals surface area contributed by atoms with Crippen LogP contribution in [0.1, 0.15) is 12.0 Å². The van der Waals surface area contributed by atoms with Crippen molar-refractivity contribution in [3.05, 3.63) is 35.9 Å². The average Bonchev–Trinajstić information content (AvgIpc) is 2.99. The lowest BCUT2D eigenvalue weighted by molar-refractivity contribution is -0.137. The summed E-state index contributed by atoms with van der Waals surface area (Å²) in [5, 5.41) is 10.9. The fourth-order valence-corrected chi connectivity index (χ4v) is 3.18. The van der Waals surface area contributed by atoms with E-state index < -0.39 is 0 Å². The van der Waals surface area contributed by atoms with E-state index in [0.29, 0.717) is 22.3 Å². The number of carbonyl (C=O) groups excluding carboxylic acids is 2. The number of nitrogens with one attached hydrogen (secondary N) is 1. The summed E-state index contributed by atoms with van der Waals surface area (Å²) in [6.07, 6.45) is 1.06. The molecule has 0 aliphatic rings. The van der Waals surface area contributed by atoms with Gasteiger partial charge in [0.05, 0.1) is 12.9 Å². The van der Waals surface area contributed by atoms with Crippen LogP contribution in [0.25, 0.3) is 0 Å². The van der Waals surface area contributed by atoms with Crippen LogP contribution in [0.2, 0.25) is 0 Å². The van der Waals surface area contributed by atoms with E-state index in [4.69, 9.17) is 0 Å². The Balaban J connectivity index is 1.77. The van der Waals surface area contributed by atoms with Gasteiger partial charge in [0.15, 0.2) is 4.34 Å². The molecule has 0 aliphatic heterocycles. The first-order valence-electron chi connectivity index (χ1n) is 6.54. The maximum Gasteiger partial charge on any atom is 0.316 e. The van der Waals surface area contributed by atoms with Crippen molar-refractivity contribution in [1.82, 2.24) is 10.2 Å². The van der Waals surface area contributed by atoms with E-state index in [-0.39, 0.29) is 17.6 Å². The van der Waals surface area contributed by atoms with Crippen LogP contribution in [0.3, 0.4) is 0 Å². The number of amides is 1. The molecule has 0 saturated carbocycles. The molecule has 1 heterocycles. The van der Waals surface area contributed by atoms with E-state index in [9.17, 15) is 9.59 Å². The standard InChI is InChI=1S/C14H15N3O3S2/c1-20-12(19)9-21-14-17-16-13(22-14)15-11(18)8-7-10-5-3-2-4-6-10/h2-6H,7-9H2,1H3,(H,15,16,18). The zero-order chi connectivity index (χ0) is 15.8. The second-order valence-electron chi connectivity index (χ2n) is 4.27. The molecule has 0 radical (unpaired) electrons. The lowest BCUT2D eigenvalue weighted by atomic mass is 10.1. The Hall–Kier alpha value is -1.93. The summed E-state index contributed by atoms with van der Waals surface area (Å²) < 4.78 is 5.16. The van der Waals surface area contributed by atoms with E-state index in [2.05, 4.69) is 20.3 Å². The number of hydrogen-bond acceptors (Lipinski definition) is 7. The molecule has 6 nitrogen and oxygen atoms in total. The molecule has 1 aromatic carbocycles. The van der Waals surface area contributed by atoms with Gasteiger partial charge in [-0.1, -0.05) is 53.4 Å². The first-order valence-corrected chi connectivity index (χ1v) is 8.34. The van der Waals surface area contributed by atoms with Gasteiger partial charge in [-0.05, 0) is 12.0 Å². The van der Waals surface area contributed by atoms with Gasteiger partial charge in [0, 0.05) is 6.42 Å². The lowest BCUT2D eigenvalue weighted by Crippen LogP contribution is -2.12. The first-order chi connectivity index (χ1) is 10.7. The molecule has 1 aromatic heterocycles. The van der Waals surface area contributed by atoms with Crippen molar-refractivity contribution in [3.8, 4) is 0 Å². The molecular weight excluding hydrogens is 322 g/mol. The fraction of sp³-hybridized carbons (Fsp3) is 0.286. The van der Waals surface area contributed by atoms with Crippen LogP contribution in [0, 0.1) is 0 Å². The summed E-state index contributed by atoms with van der Waals surface area (Å²) in [6, 6.07) is 9.81. The Morgan fingerprint density at radius 1 is 1.27 bits per heavy atom. The highest BCUT2D eigenvalue weighted by molar-refractivity contribution is 8.01. The van der Waals surface area contributed by atoms with Crippen molar-refractivity contribution < 1.29 is 14.3 Å². The minimum Gasteiger partial charge on any atom is -0.468 e. The third kappa shape index (κ3) is 5.45. The van der Waals surface area contributed by atoms with Crippen molar-refractivity contribution in [3.63, 3.8) is 0 Å². The van der Waals surface area contributed by atoms with Crippen LogP contribution in [0.15, 0.2) is 34.7 Å². The zero-order valence-electron chi connectivity index (χ0n) is 11.9. The number of anilines is 1. The van der Waals surface area contributed by atoms with Crippen molar-refractivity contribution in [2.75, 3.05) is 18.2 Å². The van der Waals surface area contributed by atoms with E-state index >= 15 is 0 Å². The van der Waals surface area contributed by atoms with Crippen LogP contribution < -0.4 is 5.32 Å². The van der Waals surface area contributed by atoms with E-state index in [1.807, 2.05) is 30.3 Å². The third-order valence-corrected chi connectivity index (χ3v) is 4.62. The van der Waals surface area contributed by atoms with Crippen LogP contribution in [0.5, 0.6) is 0 Å². The molecule has 0 fully saturated rings. The summed E-state index contributed by atoms with van der Waals surface area (Å²) in [5.41, 5.74) is 1.12. The number of esters is 1. The van der Waals surface area contributed by atoms with Gasteiger partial charge in [-0.3, -0.25) is 9.59 Å².